The first-order chi connectivity index (χ1) is 11.1. The largest absolute Gasteiger partial charge is 0.384 e. The zero-order valence-electron chi connectivity index (χ0n) is 13.5. The van der Waals surface area contributed by atoms with Crippen molar-refractivity contribution < 1.29 is 14.1 Å². The zero-order chi connectivity index (χ0) is 16.7. The Labute approximate surface area is 140 Å². The Balaban J connectivity index is 1.79. The zero-order valence-corrected chi connectivity index (χ0v) is 14.4. The second-order valence-electron chi connectivity index (χ2n) is 5.14. The number of carbonyl (C=O) groups is 1. The van der Waals surface area contributed by atoms with Gasteiger partial charge in [-0.25, -0.2) is 0 Å². The Bertz CT molecular complexity index is 628. The standard InChI is InChI=1S/C16H21N3O3S/c1-11-4-6-13(7-5-11)23-12(2)16(20)17-10-15-18-14(19-22-15)8-9-21-3/h4-7,12H,8-10H2,1-3H3,(H,17,20)/t12-/m0/s1. The molecule has 2 aromatic rings. The van der Waals surface area contributed by atoms with Crippen LogP contribution in [0.15, 0.2) is 33.7 Å². The van der Waals surface area contributed by atoms with E-state index >= 15 is 0 Å². The number of methoxy groups -OCH3 is 1. The maximum Gasteiger partial charge on any atom is 0.246 e. The lowest BCUT2D eigenvalue weighted by Crippen LogP contribution is -2.30. The molecule has 2 rings (SSSR count). The van der Waals surface area contributed by atoms with Crippen molar-refractivity contribution >= 4 is 17.7 Å². The van der Waals surface area contributed by atoms with Gasteiger partial charge in [0.15, 0.2) is 5.82 Å². The number of thioether (sulfide) groups is 1. The Kier molecular flexibility index (Phi) is 6.61. The average molecular weight is 335 g/mol. The van der Waals surface area contributed by atoms with Crippen LogP contribution in [0.3, 0.4) is 0 Å². The average Bonchev–Trinajstić information content (AvgIpc) is 3.00. The summed E-state index contributed by atoms with van der Waals surface area (Å²) in [5, 5.41) is 6.44. The molecule has 1 heterocycles. The van der Waals surface area contributed by atoms with Gasteiger partial charge >= 0.3 is 0 Å². The molecule has 1 aromatic heterocycles. The number of hydrogen-bond donors (Lipinski definition) is 1. The van der Waals surface area contributed by atoms with Gasteiger partial charge in [-0.15, -0.1) is 11.8 Å². The van der Waals surface area contributed by atoms with Crippen LogP contribution in [0.25, 0.3) is 0 Å². The van der Waals surface area contributed by atoms with Crippen LogP contribution < -0.4 is 5.32 Å². The van der Waals surface area contributed by atoms with Crippen LogP contribution in [0.2, 0.25) is 0 Å². The molecular formula is C16H21N3O3S. The smallest absolute Gasteiger partial charge is 0.246 e. The van der Waals surface area contributed by atoms with E-state index in [1.54, 1.807) is 7.11 Å². The molecule has 6 nitrogen and oxygen atoms in total. The second-order valence-corrected chi connectivity index (χ2v) is 6.55. The molecule has 0 saturated heterocycles. The van der Waals surface area contributed by atoms with Crippen molar-refractivity contribution in [2.24, 2.45) is 0 Å². The summed E-state index contributed by atoms with van der Waals surface area (Å²) in [6, 6.07) is 8.10. The Morgan fingerprint density at radius 3 is 2.83 bits per heavy atom. The number of carbonyl (C=O) groups excluding carboxylic acids is 1. The van der Waals surface area contributed by atoms with Gasteiger partial charge in [0.05, 0.1) is 18.4 Å². The van der Waals surface area contributed by atoms with E-state index in [0.29, 0.717) is 24.7 Å². The minimum atomic E-state index is -0.200. The van der Waals surface area contributed by atoms with Crippen molar-refractivity contribution in [2.75, 3.05) is 13.7 Å². The van der Waals surface area contributed by atoms with Gasteiger partial charge in [-0.1, -0.05) is 22.9 Å². The number of aromatic nitrogens is 2. The van der Waals surface area contributed by atoms with Gasteiger partial charge in [-0.2, -0.15) is 4.98 Å². The molecule has 1 atom stereocenters. The molecule has 7 heteroatoms. The molecule has 1 N–H and O–H groups in total. The molecule has 1 aromatic carbocycles. The molecule has 0 radical (unpaired) electrons. The molecule has 0 aliphatic heterocycles. The third-order valence-corrected chi connectivity index (χ3v) is 4.27. The molecule has 0 fully saturated rings. The Morgan fingerprint density at radius 2 is 2.13 bits per heavy atom. The van der Waals surface area contributed by atoms with Crippen molar-refractivity contribution in [1.29, 1.82) is 0 Å². The van der Waals surface area contributed by atoms with E-state index in [1.165, 1.54) is 17.3 Å². The highest BCUT2D eigenvalue weighted by atomic mass is 32.2. The number of hydrogen-bond acceptors (Lipinski definition) is 6. The lowest BCUT2D eigenvalue weighted by molar-refractivity contribution is -0.120. The number of nitrogens with zero attached hydrogens (tertiary/aromatic N) is 2. The van der Waals surface area contributed by atoms with Crippen LogP contribution >= 0.6 is 11.8 Å². The van der Waals surface area contributed by atoms with E-state index in [9.17, 15) is 4.79 Å². The number of benzene rings is 1. The lowest BCUT2D eigenvalue weighted by atomic mass is 10.2. The fourth-order valence-electron chi connectivity index (χ4n) is 1.84. The molecule has 0 aliphatic rings. The van der Waals surface area contributed by atoms with Crippen LogP contribution in [-0.2, 0) is 22.5 Å². The van der Waals surface area contributed by atoms with Crippen LogP contribution in [0.1, 0.15) is 24.2 Å². The predicted octanol–water partition coefficient (Wildman–Crippen LogP) is 2.36. The van der Waals surface area contributed by atoms with Crippen LogP contribution in [0.5, 0.6) is 0 Å². The number of aryl methyl sites for hydroxylation is 1. The maximum absolute atomic E-state index is 12.1. The Hall–Kier alpha value is -1.86. The molecule has 0 saturated carbocycles. The number of rotatable bonds is 8. The first kappa shape index (κ1) is 17.5. The second kappa shape index (κ2) is 8.69. The topological polar surface area (TPSA) is 77.3 Å². The minimum Gasteiger partial charge on any atom is -0.384 e. The van der Waals surface area contributed by atoms with Crippen LogP contribution in [0.4, 0.5) is 0 Å². The lowest BCUT2D eigenvalue weighted by Gasteiger charge is -2.10. The quantitative estimate of drug-likeness (QED) is 0.746. The highest BCUT2D eigenvalue weighted by Gasteiger charge is 2.15. The van der Waals surface area contributed by atoms with Gasteiger partial charge in [-0.3, -0.25) is 4.79 Å². The highest BCUT2D eigenvalue weighted by molar-refractivity contribution is 8.00. The van der Waals surface area contributed by atoms with Crippen molar-refractivity contribution in [3.63, 3.8) is 0 Å². The van der Waals surface area contributed by atoms with E-state index in [-0.39, 0.29) is 17.7 Å². The molecule has 0 bridgehead atoms. The molecule has 0 spiro atoms. The highest BCUT2D eigenvalue weighted by Crippen LogP contribution is 2.23. The summed E-state index contributed by atoms with van der Waals surface area (Å²) in [6.45, 7) is 4.68. The van der Waals surface area contributed by atoms with Crippen molar-refractivity contribution in [3.8, 4) is 0 Å². The van der Waals surface area contributed by atoms with Gasteiger partial charge in [0.2, 0.25) is 11.8 Å². The normalized spacial score (nSPS) is 12.1. The minimum absolute atomic E-state index is 0.0628. The van der Waals surface area contributed by atoms with Crippen molar-refractivity contribution in [2.45, 2.75) is 37.0 Å². The SMILES string of the molecule is COCCc1noc(CNC(=O)[C@H](C)Sc2ccc(C)cc2)n1. The molecule has 124 valence electrons. The molecule has 0 unspecified atom stereocenters. The summed E-state index contributed by atoms with van der Waals surface area (Å²) in [5.41, 5.74) is 1.20. The van der Waals surface area contributed by atoms with E-state index in [4.69, 9.17) is 9.26 Å². The number of ether oxygens (including phenoxy) is 1. The number of amides is 1. The fraction of sp³-hybridized carbons (Fsp3) is 0.438. The van der Waals surface area contributed by atoms with Gasteiger partial charge in [0, 0.05) is 18.4 Å². The van der Waals surface area contributed by atoms with Crippen molar-refractivity contribution in [1.82, 2.24) is 15.5 Å². The van der Waals surface area contributed by atoms with Gasteiger partial charge in [0.25, 0.3) is 0 Å². The maximum atomic E-state index is 12.1. The summed E-state index contributed by atoms with van der Waals surface area (Å²) in [5.74, 6) is 0.919. The van der Waals surface area contributed by atoms with Gasteiger partial charge in [0.1, 0.15) is 0 Å². The van der Waals surface area contributed by atoms with Crippen molar-refractivity contribution in [3.05, 3.63) is 41.5 Å². The predicted molar refractivity (Wildman–Crippen MR) is 88.2 cm³/mol. The Morgan fingerprint density at radius 1 is 1.39 bits per heavy atom. The van der Waals surface area contributed by atoms with E-state index in [1.807, 2.05) is 38.1 Å². The molecule has 1 amide bonds. The van der Waals surface area contributed by atoms with Gasteiger partial charge in [-0.05, 0) is 26.0 Å². The first-order valence-electron chi connectivity index (χ1n) is 7.40. The summed E-state index contributed by atoms with van der Waals surface area (Å²) in [4.78, 5) is 17.4. The van der Waals surface area contributed by atoms with E-state index in [0.717, 1.165) is 4.90 Å². The number of nitrogens with one attached hydrogen (secondary N) is 1. The van der Waals surface area contributed by atoms with Crippen LogP contribution in [0, 0.1) is 6.92 Å². The van der Waals surface area contributed by atoms with Gasteiger partial charge < -0.3 is 14.6 Å². The summed E-state index contributed by atoms with van der Waals surface area (Å²) in [7, 11) is 1.62. The summed E-state index contributed by atoms with van der Waals surface area (Å²) < 4.78 is 10.0. The molecular weight excluding hydrogens is 314 g/mol. The van der Waals surface area contributed by atoms with E-state index < -0.39 is 0 Å². The third kappa shape index (κ3) is 5.69. The first-order valence-corrected chi connectivity index (χ1v) is 8.28. The summed E-state index contributed by atoms with van der Waals surface area (Å²) in [6.07, 6.45) is 0.591. The third-order valence-electron chi connectivity index (χ3n) is 3.16. The fourth-order valence-corrected chi connectivity index (χ4v) is 2.73. The van der Waals surface area contributed by atoms with Crippen LogP contribution in [-0.4, -0.2) is 35.0 Å². The monoisotopic (exact) mass is 335 g/mol. The molecule has 23 heavy (non-hydrogen) atoms. The molecule has 0 aliphatic carbocycles. The summed E-state index contributed by atoms with van der Waals surface area (Å²) >= 11 is 1.52. The van der Waals surface area contributed by atoms with E-state index in [2.05, 4.69) is 15.5 Å².